The van der Waals surface area contributed by atoms with E-state index in [4.69, 9.17) is 16.3 Å². The van der Waals surface area contributed by atoms with Gasteiger partial charge in [-0.1, -0.05) is 22.9 Å². The van der Waals surface area contributed by atoms with Crippen molar-refractivity contribution in [2.75, 3.05) is 30.9 Å². The number of nitrogens with one attached hydrogen (secondary N) is 2. The number of fused-ring (bicyclic) bond motifs is 1. The van der Waals surface area contributed by atoms with E-state index in [2.05, 4.69) is 30.5 Å². The minimum absolute atomic E-state index is 0.240. The number of carbonyl (C=O) groups is 1. The first-order valence-corrected chi connectivity index (χ1v) is 8.09. The van der Waals surface area contributed by atoms with E-state index in [9.17, 15) is 4.79 Å². The van der Waals surface area contributed by atoms with Crippen LogP contribution in [0.2, 0.25) is 5.15 Å². The van der Waals surface area contributed by atoms with Gasteiger partial charge in [0, 0.05) is 31.0 Å². The van der Waals surface area contributed by atoms with Crippen LogP contribution in [0.15, 0.2) is 6.07 Å². The van der Waals surface area contributed by atoms with Crippen molar-refractivity contribution in [3.8, 4) is 6.01 Å². The summed E-state index contributed by atoms with van der Waals surface area (Å²) in [6.07, 6.45) is 0.769. The molecule has 0 unspecified atom stereocenters. The van der Waals surface area contributed by atoms with E-state index >= 15 is 0 Å². The van der Waals surface area contributed by atoms with Crippen LogP contribution in [-0.2, 0) is 13.0 Å². The number of aromatic nitrogens is 3. The summed E-state index contributed by atoms with van der Waals surface area (Å²) in [5, 5.41) is 6.14. The highest BCUT2D eigenvalue weighted by Gasteiger charge is 2.23. The Bertz CT molecular complexity index is 737. The molecule has 2 amide bonds. The molecule has 0 fully saturated rings. The second-order valence-corrected chi connectivity index (χ2v) is 6.27. The molecule has 0 atom stereocenters. The van der Waals surface area contributed by atoms with Gasteiger partial charge in [-0.15, -0.1) is 0 Å². The lowest BCUT2D eigenvalue weighted by Gasteiger charge is -2.27. The molecule has 0 bridgehead atoms. The van der Waals surface area contributed by atoms with Crippen LogP contribution < -0.4 is 20.3 Å². The summed E-state index contributed by atoms with van der Waals surface area (Å²) >= 11 is 7.46. The van der Waals surface area contributed by atoms with E-state index in [0.29, 0.717) is 22.6 Å². The number of thiazole rings is 1. The number of rotatable bonds is 3. The lowest BCUT2D eigenvalue weighted by molar-refractivity contribution is 0.254. The lowest BCUT2D eigenvalue weighted by atomic mass is 10.2. The minimum atomic E-state index is -0.278. The van der Waals surface area contributed by atoms with Crippen molar-refractivity contribution in [1.82, 2.24) is 20.3 Å². The van der Waals surface area contributed by atoms with Crippen LogP contribution in [0.1, 0.15) is 10.6 Å². The minimum Gasteiger partial charge on any atom is -0.467 e. The Balaban J connectivity index is 1.80. The van der Waals surface area contributed by atoms with Gasteiger partial charge in [0.2, 0.25) is 0 Å². The number of anilines is 2. The molecular weight excluding hydrogens is 340 g/mol. The van der Waals surface area contributed by atoms with E-state index in [-0.39, 0.29) is 12.0 Å². The van der Waals surface area contributed by atoms with Crippen molar-refractivity contribution in [2.45, 2.75) is 13.0 Å². The molecule has 0 spiro atoms. The maximum absolute atomic E-state index is 11.4. The molecule has 23 heavy (non-hydrogen) atoms. The summed E-state index contributed by atoms with van der Waals surface area (Å²) in [6.45, 7) is 1.41. The van der Waals surface area contributed by atoms with E-state index in [1.54, 1.807) is 13.1 Å². The van der Waals surface area contributed by atoms with Gasteiger partial charge in [-0.25, -0.2) is 9.78 Å². The summed E-state index contributed by atoms with van der Waals surface area (Å²) in [5.74, 6) is 0.710. The number of carbonyl (C=O) groups excluding carboxylic acids is 1. The zero-order valence-corrected chi connectivity index (χ0v) is 14.2. The van der Waals surface area contributed by atoms with Crippen molar-refractivity contribution in [1.29, 1.82) is 0 Å². The van der Waals surface area contributed by atoms with Gasteiger partial charge in [0.25, 0.3) is 0 Å². The highest BCUT2D eigenvalue weighted by molar-refractivity contribution is 7.15. The number of amides is 2. The van der Waals surface area contributed by atoms with Gasteiger partial charge in [0.15, 0.2) is 5.13 Å². The molecule has 122 valence electrons. The molecule has 0 saturated heterocycles. The number of urea groups is 1. The standard InChI is InChI=1S/C13H15ClN6O2S/c1-15-11(21)19-13-16-7-3-4-20(6-8(7)23-13)10-5-9(14)17-12(18-10)22-2/h5H,3-4,6H2,1-2H3,(H2,15,16,19,21). The molecule has 8 nitrogen and oxygen atoms in total. The van der Waals surface area contributed by atoms with Crippen LogP contribution in [-0.4, -0.2) is 41.7 Å². The third-order valence-electron chi connectivity index (χ3n) is 3.35. The maximum Gasteiger partial charge on any atom is 0.320 e. The highest BCUT2D eigenvalue weighted by Crippen LogP contribution is 2.31. The fraction of sp³-hybridized carbons (Fsp3) is 0.385. The van der Waals surface area contributed by atoms with Crippen molar-refractivity contribution < 1.29 is 9.53 Å². The normalized spacial score (nSPS) is 13.4. The van der Waals surface area contributed by atoms with Gasteiger partial charge in [-0.2, -0.15) is 9.97 Å². The Kier molecular flexibility index (Phi) is 4.49. The third-order valence-corrected chi connectivity index (χ3v) is 4.54. The first-order chi connectivity index (χ1) is 11.1. The van der Waals surface area contributed by atoms with E-state index in [0.717, 1.165) is 23.5 Å². The van der Waals surface area contributed by atoms with Gasteiger partial charge < -0.3 is 15.0 Å². The maximum atomic E-state index is 11.4. The monoisotopic (exact) mass is 354 g/mol. The van der Waals surface area contributed by atoms with E-state index < -0.39 is 0 Å². The number of hydrogen-bond donors (Lipinski definition) is 2. The molecule has 2 aromatic rings. The molecule has 2 aromatic heterocycles. The molecule has 3 rings (SSSR count). The number of nitrogens with zero attached hydrogens (tertiary/aromatic N) is 4. The Hall–Kier alpha value is -2.13. The quantitative estimate of drug-likeness (QED) is 0.818. The summed E-state index contributed by atoms with van der Waals surface area (Å²) in [6, 6.07) is 1.67. The predicted octanol–water partition coefficient (Wildman–Crippen LogP) is 1.91. The average Bonchev–Trinajstić information content (AvgIpc) is 2.95. The first-order valence-electron chi connectivity index (χ1n) is 6.90. The Labute approximate surface area is 141 Å². The second-order valence-electron chi connectivity index (χ2n) is 4.80. The van der Waals surface area contributed by atoms with Gasteiger partial charge in [-0.3, -0.25) is 5.32 Å². The molecule has 0 aromatic carbocycles. The molecule has 2 N–H and O–H groups in total. The van der Waals surface area contributed by atoms with E-state index in [1.807, 2.05) is 0 Å². The van der Waals surface area contributed by atoms with Crippen molar-refractivity contribution in [3.63, 3.8) is 0 Å². The van der Waals surface area contributed by atoms with Crippen LogP contribution in [0.25, 0.3) is 0 Å². The zero-order chi connectivity index (χ0) is 16.4. The average molecular weight is 355 g/mol. The SMILES string of the molecule is CNC(=O)Nc1nc2c(s1)CN(c1cc(Cl)nc(OC)n1)CC2. The molecule has 0 radical (unpaired) electrons. The highest BCUT2D eigenvalue weighted by atomic mass is 35.5. The molecule has 1 aliphatic rings. The fourth-order valence-electron chi connectivity index (χ4n) is 2.24. The number of halogens is 1. The van der Waals surface area contributed by atoms with E-state index in [1.165, 1.54) is 18.4 Å². The summed E-state index contributed by atoms with van der Waals surface area (Å²) < 4.78 is 5.06. The molecule has 0 saturated carbocycles. The predicted molar refractivity (Wildman–Crippen MR) is 88.5 cm³/mol. The Morgan fingerprint density at radius 2 is 2.26 bits per heavy atom. The lowest BCUT2D eigenvalue weighted by Crippen LogP contribution is -2.30. The van der Waals surface area contributed by atoms with Crippen LogP contribution >= 0.6 is 22.9 Å². The molecule has 3 heterocycles. The second kappa shape index (κ2) is 6.55. The molecular formula is C13H15ClN6O2S. The Morgan fingerprint density at radius 3 is 3.00 bits per heavy atom. The van der Waals surface area contributed by atoms with Crippen LogP contribution in [0.3, 0.4) is 0 Å². The van der Waals surface area contributed by atoms with Gasteiger partial charge >= 0.3 is 12.0 Å². The van der Waals surface area contributed by atoms with Gasteiger partial charge in [0.1, 0.15) is 11.0 Å². The molecule has 0 aliphatic carbocycles. The summed E-state index contributed by atoms with van der Waals surface area (Å²) in [4.78, 5) is 27.3. The summed E-state index contributed by atoms with van der Waals surface area (Å²) in [5.41, 5.74) is 1.00. The fourth-order valence-corrected chi connectivity index (χ4v) is 3.43. The van der Waals surface area contributed by atoms with Gasteiger partial charge in [-0.05, 0) is 0 Å². The summed E-state index contributed by atoms with van der Waals surface area (Å²) in [7, 11) is 3.07. The number of hydrogen-bond acceptors (Lipinski definition) is 7. The van der Waals surface area contributed by atoms with Crippen LogP contribution in [0.5, 0.6) is 6.01 Å². The number of methoxy groups -OCH3 is 1. The molecule has 10 heteroatoms. The largest absolute Gasteiger partial charge is 0.467 e. The third kappa shape index (κ3) is 3.45. The first kappa shape index (κ1) is 15.8. The smallest absolute Gasteiger partial charge is 0.320 e. The van der Waals surface area contributed by atoms with Crippen molar-refractivity contribution >= 4 is 39.9 Å². The topological polar surface area (TPSA) is 92.3 Å². The van der Waals surface area contributed by atoms with Crippen LogP contribution in [0.4, 0.5) is 15.7 Å². The van der Waals surface area contributed by atoms with Crippen LogP contribution in [0, 0.1) is 0 Å². The zero-order valence-electron chi connectivity index (χ0n) is 12.6. The van der Waals surface area contributed by atoms with Gasteiger partial charge in [0.05, 0.1) is 19.3 Å². The Morgan fingerprint density at radius 1 is 1.43 bits per heavy atom. The van der Waals surface area contributed by atoms with Crippen molar-refractivity contribution in [3.05, 3.63) is 21.8 Å². The number of ether oxygens (including phenoxy) is 1. The molecule has 1 aliphatic heterocycles. The van der Waals surface area contributed by atoms with Crippen molar-refractivity contribution in [2.24, 2.45) is 0 Å².